The number of amides is 1. The van der Waals surface area contributed by atoms with E-state index in [1.54, 1.807) is 59.4 Å². The molecule has 0 radical (unpaired) electrons. The van der Waals surface area contributed by atoms with Gasteiger partial charge in [0.05, 0.1) is 30.3 Å². The first-order valence-electron chi connectivity index (χ1n) is 10.8. The number of furan rings is 1. The average Bonchev–Trinajstić information content (AvgIpc) is 3.34. The van der Waals surface area contributed by atoms with Gasteiger partial charge in [-0.3, -0.25) is 18.7 Å². The highest BCUT2D eigenvalue weighted by Crippen LogP contribution is 2.14. The number of rotatable bonds is 9. The maximum Gasteiger partial charge on any atom is 0.331 e. The van der Waals surface area contributed by atoms with Crippen molar-refractivity contribution in [2.75, 3.05) is 0 Å². The first-order chi connectivity index (χ1) is 16.0. The standard InChI is InChI=1S/C25H24ClN3O4/c26-19-8-5-7-18(15-19)17-29-22-11-2-1-10-21(22)24(31)28(25(29)32)13-4-3-12-23(30)27-16-20-9-6-14-33-20/h1-2,5-11,14-15H,3-4,12-13,16-17H2,(H,27,30). The quantitative estimate of drug-likeness (QED) is 0.379. The zero-order valence-electron chi connectivity index (χ0n) is 18.0. The van der Waals surface area contributed by atoms with Gasteiger partial charge in [-0.2, -0.15) is 0 Å². The van der Waals surface area contributed by atoms with Crippen LogP contribution in [-0.4, -0.2) is 15.0 Å². The SMILES string of the molecule is O=C(CCCCn1c(=O)c2ccccc2n(Cc2cccc(Cl)c2)c1=O)NCc1ccco1. The highest BCUT2D eigenvalue weighted by Gasteiger charge is 2.13. The molecule has 33 heavy (non-hydrogen) atoms. The van der Waals surface area contributed by atoms with Crippen LogP contribution < -0.4 is 16.6 Å². The lowest BCUT2D eigenvalue weighted by Gasteiger charge is -2.14. The molecule has 2 aromatic carbocycles. The first kappa shape index (κ1) is 22.6. The van der Waals surface area contributed by atoms with Gasteiger partial charge in [0, 0.05) is 18.0 Å². The van der Waals surface area contributed by atoms with E-state index in [0.717, 1.165) is 5.56 Å². The number of hydrogen-bond acceptors (Lipinski definition) is 4. The zero-order valence-corrected chi connectivity index (χ0v) is 18.8. The summed E-state index contributed by atoms with van der Waals surface area (Å²) in [4.78, 5) is 38.3. The van der Waals surface area contributed by atoms with E-state index >= 15 is 0 Å². The molecule has 7 nitrogen and oxygen atoms in total. The maximum atomic E-state index is 13.3. The molecule has 4 rings (SSSR count). The summed E-state index contributed by atoms with van der Waals surface area (Å²) in [6, 6.07) is 18.0. The highest BCUT2D eigenvalue weighted by molar-refractivity contribution is 6.30. The van der Waals surface area contributed by atoms with Crippen LogP contribution in [0.4, 0.5) is 0 Å². The van der Waals surface area contributed by atoms with Crippen molar-refractivity contribution in [3.63, 3.8) is 0 Å². The largest absolute Gasteiger partial charge is 0.467 e. The fourth-order valence-electron chi connectivity index (χ4n) is 3.78. The molecule has 2 heterocycles. The van der Waals surface area contributed by atoms with Gasteiger partial charge >= 0.3 is 5.69 Å². The number of nitrogens with zero attached hydrogens (tertiary/aromatic N) is 2. The molecule has 0 atom stereocenters. The van der Waals surface area contributed by atoms with Crippen molar-refractivity contribution in [1.29, 1.82) is 0 Å². The van der Waals surface area contributed by atoms with Crippen LogP contribution in [0.25, 0.3) is 10.9 Å². The molecular formula is C25H24ClN3O4. The number of fused-ring (bicyclic) bond motifs is 1. The van der Waals surface area contributed by atoms with Crippen LogP contribution >= 0.6 is 11.6 Å². The molecule has 4 aromatic rings. The number of carbonyl (C=O) groups is 1. The van der Waals surface area contributed by atoms with E-state index in [9.17, 15) is 14.4 Å². The van der Waals surface area contributed by atoms with Crippen molar-refractivity contribution in [1.82, 2.24) is 14.5 Å². The lowest BCUT2D eigenvalue weighted by atomic mass is 10.2. The third kappa shape index (κ3) is 5.43. The molecule has 0 aliphatic rings. The number of halogens is 1. The smallest absolute Gasteiger partial charge is 0.331 e. The molecule has 0 bridgehead atoms. The van der Waals surface area contributed by atoms with Gasteiger partial charge in [-0.1, -0.05) is 35.9 Å². The summed E-state index contributed by atoms with van der Waals surface area (Å²) in [6.45, 7) is 0.878. The van der Waals surface area contributed by atoms with Gasteiger partial charge in [0.2, 0.25) is 5.91 Å². The normalized spacial score (nSPS) is 11.1. The summed E-state index contributed by atoms with van der Waals surface area (Å²) >= 11 is 6.11. The number of unbranched alkanes of at least 4 members (excludes halogenated alkanes) is 1. The summed E-state index contributed by atoms with van der Waals surface area (Å²) in [5, 5.41) is 3.86. The predicted molar refractivity (Wildman–Crippen MR) is 127 cm³/mol. The number of hydrogen-bond donors (Lipinski definition) is 1. The van der Waals surface area contributed by atoms with E-state index in [4.69, 9.17) is 16.0 Å². The second kappa shape index (κ2) is 10.4. The van der Waals surface area contributed by atoms with Crippen molar-refractivity contribution in [3.05, 3.63) is 104 Å². The van der Waals surface area contributed by atoms with E-state index < -0.39 is 0 Å². The van der Waals surface area contributed by atoms with Crippen LogP contribution in [-0.2, 0) is 24.4 Å². The van der Waals surface area contributed by atoms with Crippen LogP contribution in [0.3, 0.4) is 0 Å². The number of aromatic nitrogens is 2. The van der Waals surface area contributed by atoms with Gasteiger partial charge in [-0.15, -0.1) is 0 Å². The molecule has 0 spiro atoms. The number of carbonyl (C=O) groups excluding carboxylic acids is 1. The van der Waals surface area contributed by atoms with Crippen LogP contribution in [0.1, 0.15) is 30.6 Å². The molecular weight excluding hydrogens is 442 g/mol. The second-order valence-electron chi connectivity index (χ2n) is 7.79. The van der Waals surface area contributed by atoms with Crippen LogP contribution in [0.2, 0.25) is 5.02 Å². The van der Waals surface area contributed by atoms with E-state index in [1.165, 1.54) is 4.57 Å². The Morgan fingerprint density at radius 3 is 2.61 bits per heavy atom. The monoisotopic (exact) mass is 465 g/mol. The van der Waals surface area contributed by atoms with Crippen molar-refractivity contribution < 1.29 is 9.21 Å². The van der Waals surface area contributed by atoms with Crippen molar-refractivity contribution in [2.24, 2.45) is 0 Å². The van der Waals surface area contributed by atoms with Crippen LogP contribution in [0.15, 0.2) is 80.9 Å². The minimum absolute atomic E-state index is 0.101. The molecule has 0 saturated heterocycles. The van der Waals surface area contributed by atoms with E-state index in [-0.39, 0.29) is 23.7 Å². The van der Waals surface area contributed by atoms with Gasteiger partial charge in [0.1, 0.15) is 5.76 Å². The van der Waals surface area contributed by atoms with E-state index in [2.05, 4.69) is 5.32 Å². The van der Waals surface area contributed by atoms with Gasteiger partial charge in [-0.25, -0.2) is 4.79 Å². The molecule has 170 valence electrons. The molecule has 0 saturated carbocycles. The molecule has 2 aromatic heterocycles. The molecule has 0 unspecified atom stereocenters. The van der Waals surface area contributed by atoms with E-state index in [0.29, 0.717) is 54.0 Å². The Morgan fingerprint density at radius 1 is 0.970 bits per heavy atom. The zero-order chi connectivity index (χ0) is 23.2. The topological polar surface area (TPSA) is 86.2 Å². The lowest BCUT2D eigenvalue weighted by Crippen LogP contribution is -2.40. The Hall–Kier alpha value is -3.58. The Labute approximate surface area is 195 Å². The Kier molecular flexibility index (Phi) is 7.10. The van der Waals surface area contributed by atoms with Crippen molar-refractivity contribution in [2.45, 2.75) is 38.9 Å². The highest BCUT2D eigenvalue weighted by atomic mass is 35.5. The Bertz CT molecular complexity index is 1370. The molecule has 0 fully saturated rings. The Morgan fingerprint density at radius 2 is 1.82 bits per heavy atom. The maximum absolute atomic E-state index is 13.3. The predicted octanol–water partition coefficient (Wildman–Crippen LogP) is 3.94. The summed E-state index contributed by atoms with van der Waals surface area (Å²) in [6.07, 6.45) is 2.94. The Balaban J connectivity index is 1.48. The number of nitrogens with one attached hydrogen (secondary N) is 1. The lowest BCUT2D eigenvalue weighted by molar-refractivity contribution is -0.121. The third-order valence-corrected chi connectivity index (χ3v) is 5.67. The summed E-state index contributed by atoms with van der Waals surface area (Å²) in [7, 11) is 0. The first-order valence-corrected chi connectivity index (χ1v) is 11.2. The van der Waals surface area contributed by atoms with Crippen molar-refractivity contribution >= 4 is 28.4 Å². The van der Waals surface area contributed by atoms with Gasteiger partial charge in [0.15, 0.2) is 0 Å². The minimum atomic E-state index is -0.374. The molecule has 0 aliphatic heterocycles. The number of benzene rings is 2. The molecule has 1 N–H and O–H groups in total. The molecule has 0 aliphatic carbocycles. The van der Waals surface area contributed by atoms with Gasteiger partial charge < -0.3 is 9.73 Å². The van der Waals surface area contributed by atoms with Crippen LogP contribution in [0.5, 0.6) is 0 Å². The summed E-state index contributed by atoms with van der Waals surface area (Å²) < 4.78 is 8.05. The molecule has 8 heteroatoms. The van der Waals surface area contributed by atoms with Gasteiger partial charge in [-0.05, 0) is 54.8 Å². The second-order valence-corrected chi connectivity index (χ2v) is 8.22. The van der Waals surface area contributed by atoms with Crippen LogP contribution in [0, 0.1) is 0 Å². The summed E-state index contributed by atoms with van der Waals surface area (Å²) in [5.74, 6) is 0.585. The summed E-state index contributed by atoms with van der Waals surface area (Å²) in [5.41, 5.74) is 0.760. The van der Waals surface area contributed by atoms with Crippen molar-refractivity contribution in [3.8, 4) is 0 Å². The fraction of sp³-hybridized carbons (Fsp3) is 0.240. The minimum Gasteiger partial charge on any atom is -0.467 e. The third-order valence-electron chi connectivity index (χ3n) is 5.44. The van der Waals surface area contributed by atoms with E-state index in [1.807, 2.05) is 12.1 Å². The molecule has 1 amide bonds. The van der Waals surface area contributed by atoms with Gasteiger partial charge in [0.25, 0.3) is 5.56 Å². The number of para-hydroxylation sites is 1. The fourth-order valence-corrected chi connectivity index (χ4v) is 3.99. The average molecular weight is 466 g/mol.